The topological polar surface area (TPSA) is 29.4 Å². The van der Waals surface area contributed by atoms with E-state index in [4.69, 9.17) is 6.42 Å². The lowest BCUT2D eigenvalue weighted by Gasteiger charge is -2.49. The third kappa shape index (κ3) is 1.75. The SMILES string of the molecule is C#CC1=CCC2C3CCc4cc(N=O)ccc4C3CCC12C. The molecule has 2 heteroatoms. The largest absolute Gasteiger partial charge is 0.145 e. The zero-order chi connectivity index (χ0) is 15.3. The highest BCUT2D eigenvalue weighted by atomic mass is 16.3. The second-order valence-corrected chi connectivity index (χ2v) is 7.34. The highest BCUT2D eigenvalue weighted by molar-refractivity contribution is 5.48. The molecule has 0 N–H and O–H groups in total. The van der Waals surface area contributed by atoms with E-state index in [2.05, 4.69) is 30.2 Å². The Hall–Kier alpha value is -1.88. The van der Waals surface area contributed by atoms with Crippen molar-refractivity contribution in [3.05, 3.63) is 45.9 Å². The molecule has 4 unspecified atom stereocenters. The van der Waals surface area contributed by atoms with E-state index in [0.717, 1.165) is 18.8 Å². The first-order valence-corrected chi connectivity index (χ1v) is 8.31. The molecule has 0 aliphatic heterocycles. The molecule has 3 aliphatic carbocycles. The molecule has 0 amide bonds. The number of benzene rings is 1. The van der Waals surface area contributed by atoms with Crippen LogP contribution in [0.3, 0.4) is 0 Å². The predicted molar refractivity (Wildman–Crippen MR) is 88.8 cm³/mol. The number of nitrogens with zero attached hydrogens (tertiary/aromatic N) is 1. The Kier molecular flexibility index (Phi) is 3.01. The summed E-state index contributed by atoms with van der Waals surface area (Å²) in [6.45, 7) is 2.38. The van der Waals surface area contributed by atoms with Gasteiger partial charge in [0.2, 0.25) is 0 Å². The van der Waals surface area contributed by atoms with Crippen LogP contribution in [0.1, 0.15) is 49.7 Å². The number of aryl methyl sites for hydroxylation is 1. The second kappa shape index (κ2) is 4.81. The Morgan fingerprint density at radius 2 is 2.23 bits per heavy atom. The van der Waals surface area contributed by atoms with Gasteiger partial charge in [-0.25, -0.2) is 0 Å². The molecular formula is C20H21NO. The maximum absolute atomic E-state index is 10.8. The molecule has 0 spiro atoms. The van der Waals surface area contributed by atoms with Gasteiger partial charge in [0.05, 0.1) is 0 Å². The minimum Gasteiger partial charge on any atom is -0.145 e. The van der Waals surface area contributed by atoms with Crippen molar-refractivity contribution in [2.24, 2.45) is 22.4 Å². The van der Waals surface area contributed by atoms with Gasteiger partial charge in [0.15, 0.2) is 0 Å². The van der Waals surface area contributed by atoms with Gasteiger partial charge in [0.1, 0.15) is 5.69 Å². The number of allylic oxidation sites excluding steroid dienone is 2. The summed E-state index contributed by atoms with van der Waals surface area (Å²) >= 11 is 0. The van der Waals surface area contributed by atoms with Gasteiger partial charge < -0.3 is 0 Å². The van der Waals surface area contributed by atoms with Gasteiger partial charge in [-0.2, -0.15) is 0 Å². The van der Waals surface area contributed by atoms with E-state index in [1.54, 1.807) is 0 Å². The first kappa shape index (κ1) is 13.8. The van der Waals surface area contributed by atoms with E-state index in [9.17, 15) is 4.91 Å². The fraction of sp³-hybridized carbons (Fsp3) is 0.500. The molecule has 112 valence electrons. The van der Waals surface area contributed by atoms with Gasteiger partial charge in [-0.3, -0.25) is 0 Å². The van der Waals surface area contributed by atoms with Crippen LogP contribution < -0.4 is 0 Å². The van der Waals surface area contributed by atoms with Crippen molar-refractivity contribution in [1.82, 2.24) is 0 Å². The highest BCUT2D eigenvalue weighted by Crippen LogP contribution is 2.60. The molecule has 1 aromatic rings. The Balaban J connectivity index is 1.70. The van der Waals surface area contributed by atoms with Crippen LogP contribution in [-0.4, -0.2) is 0 Å². The monoisotopic (exact) mass is 291 g/mol. The van der Waals surface area contributed by atoms with Crippen LogP contribution in [0.2, 0.25) is 0 Å². The van der Waals surface area contributed by atoms with Crippen molar-refractivity contribution in [1.29, 1.82) is 0 Å². The number of terminal acetylenes is 1. The molecule has 4 atom stereocenters. The zero-order valence-electron chi connectivity index (χ0n) is 13.0. The number of nitroso groups, excluding NO2 is 1. The Bertz CT molecular complexity index is 711. The summed E-state index contributed by atoms with van der Waals surface area (Å²) in [6, 6.07) is 6.02. The van der Waals surface area contributed by atoms with Crippen LogP contribution in [0.5, 0.6) is 0 Å². The summed E-state index contributed by atoms with van der Waals surface area (Å²) in [5.74, 6) is 4.99. The summed E-state index contributed by atoms with van der Waals surface area (Å²) in [4.78, 5) is 10.8. The van der Waals surface area contributed by atoms with E-state index in [1.807, 2.05) is 12.1 Å². The lowest BCUT2D eigenvalue weighted by molar-refractivity contribution is 0.0782. The molecule has 0 radical (unpaired) electrons. The normalized spacial score (nSPS) is 35.6. The highest BCUT2D eigenvalue weighted by Gasteiger charge is 2.51. The van der Waals surface area contributed by atoms with E-state index < -0.39 is 0 Å². The van der Waals surface area contributed by atoms with Crippen molar-refractivity contribution in [3.63, 3.8) is 0 Å². The molecule has 1 fully saturated rings. The Labute approximate surface area is 132 Å². The second-order valence-electron chi connectivity index (χ2n) is 7.34. The molecule has 1 aromatic carbocycles. The number of fused-ring (bicyclic) bond motifs is 5. The van der Waals surface area contributed by atoms with Gasteiger partial charge in [0.25, 0.3) is 0 Å². The van der Waals surface area contributed by atoms with Crippen molar-refractivity contribution >= 4 is 5.69 Å². The van der Waals surface area contributed by atoms with Crippen LogP contribution in [0.25, 0.3) is 0 Å². The van der Waals surface area contributed by atoms with Crippen LogP contribution in [-0.2, 0) is 6.42 Å². The minimum absolute atomic E-state index is 0.220. The maximum Gasteiger partial charge on any atom is 0.108 e. The molecular weight excluding hydrogens is 270 g/mol. The van der Waals surface area contributed by atoms with Crippen molar-refractivity contribution in [2.45, 2.75) is 44.9 Å². The number of hydrogen-bond donors (Lipinski definition) is 0. The summed E-state index contributed by atoms with van der Waals surface area (Å²) in [5.41, 5.74) is 4.82. The fourth-order valence-electron chi connectivity index (χ4n) is 5.42. The van der Waals surface area contributed by atoms with E-state index in [1.165, 1.54) is 36.0 Å². The molecule has 0 heterocycles. The third-order valence-electron chi connectivity index (χ3n) is 6.55. The number of hydrogen-bond acceptors (Lipinski definition) is 2. The predicted octanol–water partition coefficient (Wildman–Crippen LogP) is 5.11. The lowest BCUT2D eigenvalue weighted by Crippen LogP contribution is -2.41. The molecule has 1 saturated carbocycles. The maximum atomic E-state index is 10.8. The van der Waals surface area contributed by atoms with Crippen LogP contribution in [0, 0.1) is 34.5 Å². The lowest BCUT2D eigenvalue weighted by atomic mass is 9.54. The first-order chi connectivity index (χ1) is 10.7. The summed E-state index contributed by atoms with van der Waals surface area (Å²) in [5, 5.41) is 3.09. The average molecular weight is 291 g/mol. The minimum atomic E-state index is 0.220. The molecule has 0 saturated heterocycles. The molecule has 3 aliphatic rings. The van der Waals surface area contributed by atoms with Crippen molar-refractivity contribution in [2.75, 3.05) is 0 Å². The standard InChI is InChI=1S/C20H21NO/c1-3-14-5-9-19-18-7-4-13-12-15(21-22)6-8-16(13)17(18)10-11-20(14,19)2/h1,5-6,8,12,17-19H,4,7,9-11H2,2H3. The van der Waals surface area contributed by atoms with E-state index in [0.29, 0.717) is 17.5 Å². The van der Waals surface area contributed by atoms with Gasteiger partial charge in [0, 0.05) is 11.0 Å². The molecule has 0 aromatic heterocycles. The smallest absolute Gasteiger partial charge is 0.108 e. The average Bonchev–Trinajstić information content (AvgIpc) is 2.90. The zero-order valence-corrected chi connectivity index (χ0v) is 13.0. The molecule has 2 nitrogen and oxygen atoms in total. The Morgan fingerprint density at radius 3 is 3.00 bits per heavy atom. The quantitative estimate of drug-likeness (QED) is 0.522. The van der Waals surface area contributed by atoms with Crippen LogP contribution in [0.15, 0.2) is 35.0 Å². The van der Waals surface area contributed by atoms with Crippen LogP contribution in [0.4, 0.5) is 5.69 Å². The molecule has 0 bridgehead atoms. The van der Waals surface area contributed by atoms with Gasteiger partial charge >= 0.3 is 0 Å². The number of rotatable bonds is 1. The molecule has 4 rings (SSSR count). The van der Waals surface area contributed by atoms with Crippen molar-refractivity contribution in [3.8, 4) is 12.3 Å². The van der Waals surface area contributed by atoms with E-state index >= 15 is 0 Å². The van der Waals surface area contributed by atoms with E-state index in [-0.39, 0.29) is 5.41 Å². The van der Waals surface area contributed by atoms with Crippen LogP contribution >= 0.6 is 0 Å². The fourth-order valence-corrected chi connectivity index (χ4v) is 5.42. The first-order valence-electron chi connectivity index (χ1n) is 8.31. The summed E-state index contributed by atoms with van der Waals surface area (Å²) in [7, 11) is 0. The third-order valence-corrected chi connectivity index (χ3v) is 6.55. The van der Waals surface area contributed by atoms with Gasteiger partial charge in [-0.05, 0) is 78.3 Å². The summed E-state index contributed by atoms with van der Waals surface area (Å²) in [6.07, 6.45) is 13.9. The van der Waals surface area contributed by atoms with Gasteiger partial charge in [-0.15, -0.1) is 11.3 Å². The van der Waals surface area contributed by atoms with Gasteiger partial charge in [-0.1, -0.05) is 25.0 Å². The molecule has 22 heavy (non-hydrogen) atoms. The Morgan fingerprint density at radius 1 is 1.36 bits per heavy atom. The summed E-state index contributed by atoms with van der Waals surface area (Å²) < 4.78 is 0. The van der Waals surface area contributed by atoms with Crippen molar-refractivity contribution < 1.29 is 0 Å².